The molecule has 2 N–H and O–H groups in total. The first-order valence-corrected chi connectivity index (χ1v) is 8.41. The largest absolute Gasteiger partial charge is 0.354 e. The Kier molecular flexibility index (Phi) is 4.92. The van der Waals surface area contributed by atoms with E-state index in [9.17, 15) is 4.79 Å². The molecule has 25 heavy (non-hydrogen) atoms. The monoisotopic (exact) mass is 338 g/mol. The van der Waals surface area contributed by atoms with E-state index in [0.29, 0.717) is 17.4 Å². The minimum absolute atomic E-state index is 0.258. The van der Waals surface area contributed by atoms with E-state index in [1.54, 1.807) is 12.3 Å². The summed E-state index contributed by atoms with van der Waals surface area (Å²) in [5.41, 5.74) is 1.97. The van der Waals surface area contributed by atoms with Crippen LogP contribution in [0.3, 0.4) is 0 Å². The number of amides is 1. The van der Waals surface area contributed by atoms with Crippen molar-refractivity contribution in [2.45, 2.75) is 33.2 Å². The van der Waals surface area contributed by atoms with Crippen LogP contribution < -0.4 is 10.2 Å². The number of nitrogens with one attached hydrogen (secondary N) is 2. The molecule has 0 bridgehead atoms. The summed E-state index contributed by atoms with van der Waals surface area (Å²) in [6.45, 7) is 7.22. The number of anilines is 2. The van der Waals surface area contributed by atoms with Crippen molar-refractivity contribution in [3.05, 3.63) is 42.5 Å². The Morgan fingerprint density at radius 3 is 2.88 bits per heavy atom. The molecule has 3 aromatic rings. The molecule has 0 saturated heterocycles. The lowest BCUT2D eigenvalue weighted by molar-refractivity contribution is 0.102. The van der Waals surface area contributed by atoms with Crippen molar-refractivity contribution in [3.8, 4) is 0 Å². The Balaban J connectivity index is 1.80. The van der Waals surface area contributed by atoms with Gasteiger partial charge in [-0.05, 0) is 38.5 Å². The van der Waals surface area contributed by atoms with E-state index >= 15 is 0 Å². The van der Waals surface area contributed by atoms with Gasteiger partial charge in [0.15, 0.2) is 0 Å². The molecule has 0 radical (unpaired) electrons. The number of hydrogen-bond acceptors (Lipinski definition) is 5. The van der Waals surface area contributed by atoms with Gasteiger partial charge in [0.05, 0.1) is 11.7 Å². The van der Waals surface area contributed by atoms with Crippen LogP contribution in [0, 0.1) is 0 Å². The summed E-state index contributed by atoms with van der Waals surface area (Å²) in [6.07, 6.45) is 4.17. The molecule has 7 nitrogen and oxygen atoms in total. The Labute approximate surface area is 146 Å². The third-order valence-electron chi connectivity index (χ3n) is 3.97. The van der Waals surface area contributed by atoms with Gasteiger partial charge in [-0.15, -0.1) is 0 Å². The van der Waals surface area contributed by atoms with Crippen molar-refractivity contribution < 1.29 is 4.79 Å². The van der Waals surface area contributed by atoms with Gasteiger partial charge in [-0.2, -0.15) is 5.10 Å². The second kappa shape index (κ2) is 7.29. The van der Waals surface area contributed by atoms with Crippen LogP contribution in [0.5, 0.6) is 0 Å². The van der Waals surface area contributed by atoms with Crippen molar-refractivity contribution in [1.29, 1.82) is 0 Å². The van der Waals surface area contributed by atoms with Crippen LogP contribution in [0.25, 0.3) is 10.9 Å². The molecule has 0 atom stereocenters. The molecule has 0 saturated carbocycles. The van der Waals surface area contributed by atoms with Gasteiger partial charge in [-0.3, -0.25) is 9.89 Å². The fourth-order valence-corrected chi connectivity index (χ4v) is 2.72. The third-order valence-corrected chi connectivity index (χ3v) is 3.97. The molecule has 7 heteroatoms. The van der Waals surface area contributed by atoms with Crippen LogP contribution in [0.15, 0.2) is 36.8 Å². The third kappa shape index (κ3) is 3.76. The van der Waals surface area contributed by atoms with Gasteiger partial charge in [-0.25, -0.2) is 9.97 Å². The highest BCUT2D eigenvalue weighted by Gasteiger charge is 2.15. The molecule has 3 rings (SSSR count). The highest BCUT2D eigenvalue weighted by atomic mass is 16.1. The van der Waals surface area contributed by atoms with Crippen molar-refractivity contribution in [3.63, 3.8) is 0 Å². The van der Waals surface area contributed by atoms with Gasteiger partial charge in [-0.1, -0.05) is 6.92 Å². The summed E-state index contributed by atoms with van der Waals surface area (Å²) >= 11 is 0. The summed E-state index contributed by atoms with van der Waals surface area (Å²) < 4.78 is 0. The summed E-state index contributed by atoms with van der Waals surface area (Å²) in [6, 6.07) is 7.62. The Bertz CT molecular complexity index is 873. The van der Waals surface area contributed by atoms with Crippen LogP contribution >= 0.6 is 0 Å². The van der Waals surface area contributed by atoms with E-state index < -0.39 is 0 Å². The second-order valence-electron chi connectivity index (χ2n) is 6.17. The number of aromatic nitrogens is 4. The topological polar surface area (TPSA) is 86.8 Å². The Hall–Kier alpha value is -2.96. The standard InChI is InChI=1S/C18H22N6O/c1-4-7-24(12(2)3)17-9-16(19-11-20-17)18(25)22-14-5-6-15-13(8-14)10-21-23-15/h5-6,8-12H,4,7H2,1-3H3,(H,21,23)(H,22,25). The number of aromatic amines is 1. The van der Waals surface area contributed by atoms with E-state index in [-0.39, 0.29) is 5.91 Å². The highest BCUT2D eigenvalue weighted by Crippen LogP contribution is 2.19. The number of rotatable bonds is 6. The predicted octanol–water partition coefficient (Wildman–Crippen LogP) is 3.23. The molecule has 130 valence electrons. The number of carbonyl (C=O) groups is 1. The number of H-pyrrole nitrogens is 1. The molecular formula is C18H22N6O. The van der Waals surface area contributed by atoms with Gasteiger partial charge in [0, 0.05) is 29.7 Å². The van der Waals surface area contributed by atoms with Crippen LogP contribution in [0.1, 0.15) is 37.7 Å². The van der Waals surface area contributed by atoms with E-state index in [0.717, 1.165) is 29.7 Å². The summed E-state index contributed by atoms with van der Waals surface area (Å²) in [5.74, 6) is 0.508. The molecule has 0 unspecified atom stereocenters. The molecule has 0 aliphatic rings. The van der Waals surface area contributed by atoms with Crippen molar-refractivity contribution in [2.75, 3.05) is 16.8 Å². The maximum absolute atomic E-state index is 12.5. The maximum atomic E-state index is 12.5. The van der Waals surface area contributed by atoms with Gasteiger partial charge in [0.1, 0.15) is 17.8 Å². The van der Waals surface area contributed by atoms with Crippen LogP contribution in [-0.2, 0) is 0 Å². The SMILES string of the molecule is CCCN(c1cc(C(=O)Nc2ccc3[nH]ncc3c2)ncn1)C(C)C. The maximum Gasteiger partial charge on any atom is 0.274 e. The van der Waals surface area contributed by atoms with Crippen molar-refractivity contribution in [1.82, 2.24) is 20.2 Å². The number of nitrogens with zero attached hydrogens (tertiary/aromatic N) is 4. The molecule has 2 aromatic heterocycles. The summed E-state index contributed by atoms with van der Waals surface area (Å²) in [4.78, 5) is 23.2. The van der Waals surface area contributed by atoms with Crippen LogP contribution in [-0.4, -0.2) is 38.7 Å². The number of carbonyl (C=O) groups excluding carboxylic acids is 1. The fourth-order valence-electron chi connectivity index (χ4n) is 2.72. The van der Waals surface area contributed by atoms with Crippen molar-refractivity contribution >= 4 is 28.3 Å². The van der Waals surface area contributed by atoms with Gasteiger partial charge in [0.25, 0.3) is 5.91 Å². The summed E-state index contributed by atoms with van der Waals surface area (Å²) in [5, 5.41) is 10.7. The normalized spacial score (nSPS) is 11.0. The van der Waals surface area contributed by atoms with Gasteiger partial charge in [0.2, 0.25) is 0 Å². The lowest BCUT2D eigenvalue weighted by Crippen LogP contribution is -2.32. The van der Waals surface area contributed by atoms with E-state index in [1.165, 1.54) is 6.33 Å². The number of fused-ring (bicyclic) bond motifs is 1. The summed E-state index contributed by atoms with van der Waals surface area (Å²) in [7, 11) is 0. The molecule has 0 aliphatic heterocycles. The van der Waals surface area contributed by atoms with Gasteiger partial charge < -0.3 is 10.2 Å². The van der Waals surface area contributed by atoms with Crippen LogP contribution in [0.4, 0.5) is 11.5 Å². The van der Waals surface area contributed by atoms with Crippen LogP contribution in [0.2, 0.25) is 0 Å². The minimum Gasteiger partial charge on any atom is -0.354 e. The lowest BCUT2D eigenvalue weighted by Gasteiger charge is -2.27. The smallest absolute Gasteiger partial charge is 0.274 e. The molecule has 0 fully saturated rings. The van der Waals surface area contributed by atoms with Gasteiger partial charge >= 0.3 is 0 Å². The molecule has 0 aliphatic carbocycles. The van der Waals surface area contributed by atoms with E-state index in [2.05, 4.69) is 51.2 Å². The fraction of sp³-hybridized carbons (Fsp3) is 0.333. The first-order chi connectivity index (χ1) is 12.1. The second-order valence-corrected chi connectivity index (χ2v) is 6.17. The molecular weight excluding hydrogens is 316 g/mol. The zero-order chi connectivity index (χ0) is 17.8. The predicted molar refractivity (Wildman–Crippen MR) is 98.9 cm³/mol. The van der Waals surface area contributed by atoms with E-state index in [4.69, 9.17) is 0 Å². The van der Waals surface area contributed by atoms with Crippen molar-refractivity contribution in [2.24, 2.45) is 0 Å². The average molecular weight is 338 g/mol. The number of benzene rings is 1. The molecule has 0 spiro atoms. The average Bonchev–Trinajstić information content (AvgIpc) is 3.07. The highest BCUT2D eigenvalue weighted by molar-refractivity contribution is 6.04. The quantitative estimate of drug-likeness (QED) is 0.720. The van der Waals surface area contributed by atoms with E-state index in [1.807, 2.05) is 18.2 Å². The first kappa shape index (κ1) is 16.9. The Morgan fingerprint density at radius 1 is 1.28 bits per heavy atom. The molecule has 1 amide bonds. The first-order valence-electron chi connectivity index (χ1n) is 8.41. The Morgan fingerprint density at radius 2 is 2.12 bits per heavy atom. The zero-order valence-corrected chi connectivity index (χ0v) is 14.7. The minimum atomic E-state index is -0.258. The zero-order valence-electron chi connectivity index (χ0n) is 14.7. The molecule has 2 heterocycles. The molecule has 1 aromatic carbocycles. The lowest BCUT2D eigenvalue weighted by atomic mass is 10.2. The number of hydrogen-bond donors (Lipinski definition) is 2.